The van der Waals surface area contributed by atoms with Crippen LogP contribution in [0.5, 0.6) is 0 Å². The van der Waals surface area contributed by atoms with Gasteiger partial charge in [0, 0.05) is 23.1 Å². The Morgan fingerprint density at radius 1 is 1.26 bits per heavy atom. The molecule has 0 saturated carbocycles. The fourth-order valence-corrected chi connectivity index (χ4v) is 2.04. The number of aromatic nitrogens is 4. The number of halogens is 2. The van der Waals surface area contributed by atoms with Crippen LogP contribution in [0.15, 0.2) is 18.5 Å². The van der Waals surface area contributed by atoms with Crippen molar-refractivity contribution in [2.24, 2.45) is 5.92 Å². The van der Waals surface area contributed by atoms with E-state index in [1.165, 1.54) is 6.07 Å². The van der Waals surface area contributed by atoms with E-state index in [9.17, 15) is 8.78 Å². The van der Waals surface area contributed by atoms with Crippen molar-refractivity contribution in [3.63, 3.8) is 0 Å². The predicted molar refractivity (Wildman–Crippen MR) is 83.2 cm³/mol. The zero-order chi connectivity index (χ0) is 16.6. The summed E-state index contributed by atoms with van der Waals surface area (Å²) in [6, 6.07) is 1.30. The SMILES string of the molecule is CC(C)C#Cc1nc(-c2c[nH]c3ncc(F)cc23)nc(N)c1F. The monoisotopic (exact) mass is 313 g/mol. The molecule has 0 atom stereocenters. The lowest BCUT2D eigenvalue weighted by Crippen LogP contribution is -2.03. The summed E-state index contributed by atoms with van der Waals surface area (Å²) in [4.78, 5) is 14.9. The molecule has 7 heteroatoms. The Balaban J connectivity index is 2.20. The summed E-state index contributed by atoms with van der Waals surface area (Å²) < 4.78 is 27.4. The first-order valence-corrected chi connectivity index (χ1v) is 6.93. The Hall–Kier alpha value is -3.01. The highest BCUT2D eigenvalue weighted by atomic mass is 19.1. The first kappa shape index (κ1) is 14.9. The van der Waals surface area contributed by atoms with Crippen LogP contribution in [-0.2, 0) is 0 Å². The third kappa shape index (κ3) is 2.83. The van der Waals surface area contributed by atoms with Gasteiger partial charge < -0.3 is 10.7 Å². The van der Waals surface area contributed by atoms with Crippen LogP contribution in [0.1, 0.15) is 19.5 Å². The number of nitrogens with zero attached hydrogens (tertiary/aromatic N) is 3. The van der Waals surface area contributed by atoms with E-state index in [0.29, 0.717) is 16.6 Å². The molecule has 0 aliphatic carbocycles. The van der Waals surface area contributed by atoms with Crippen molar-refractivity contribution in [1.29, 1.82) is 0 Å². The zero-order valence-electron chi connectivity index (χ0n) is 12.5. The minimum absolute atomic E-state index is 0.0559. The van der Waals surface area contributed by atoms with Crippen LogP contribution in [0.4, 0.5) is 14.6 Å². The van der Waals surface area contributed by atoms with Crippen LogP contribution in [0, 0.1) is 29.4 Å². The fraction of sp³-hybridized carbons (Fsp3) is 0.188. The Morgan fingerprint density at radius 3 is 2.78 bits per heavy atom. The molecule has 3 rings (SSSR count). The predicted octanol–water partition coefficient (Wildman–Crippen LogP) is 2.89. The highest BCUT2D eigenvalue weighted by molar-refractivity contribution is 5.91. The lowest BCUT2D eigenvalue weighted by molar-refractivity contribution is 0.616. The second-order valence-corrected chi connectivity index (χ2v) is 5.27. The van der Waals surface area contributed by atoms with E-state index in [0.717, 1.165) is 6.20 Å². The van der Waals surface area contributed by atoms with Crippen LogP contribution in [-0.4, -0.2) is 19.9 Å². The molecule has 0 unspecified atom stereocenters. The van der Waals surface area contributed by atoms with E-state index in [-0.39, 0.29) is 23.3 Å². The number of aromatic amines is 1. The Bertz CT molecular complexity index is 950. The van der Waals surface area contributed by atoms with Crippen molar-refractivity contribution >= 4 is 16.9 Å². The molecular weight excluding hydrogens is 300 g/mol. The fourth-order valence-electron chi connectivity index (χ4n) is 2.04. The second kappa shape index (κ2) is 5.65. The molecule has 3 aromatic heterocycles. The number of H-pyrrole nitrogens is 1. The van der Waals surface area contributed by atoms with Gasteiger partial charge in [0.15, 0.2) is 23.2 Å². The largest absolute Gasteiger partial charge is 0.381 e. The van der Waals surface area contributed by atoms with Gasteiger partial charge in [-0.25, -0.2) is 19.3 Å². The van der Waals surface area contributed by atoms with Crippen molar-refractivity contribution in [3.05, 3.63) is 35.8 Å². The van der Waals surface area contributed by atoms with E-state index in [1.54, 1.807) is 6.20 Å². The van der Waals surface area contributed by atoms with E-state index in [4.69, 9.17) is 5.73 Å². The zero-order valence-corrected chi connectivity index (χ0v) is 12.5. The molecule has 0 bridgehead atoms. The molecule has 116 valence electrons. The topological polar surface area (TPSA) is 80.5 Å². The standard InChI is InChI=1S/C16H13F2N5/c1-8(2)3-4-12-13(18)14(19)23-16(22-12)11-7-21-15-10(11)5-9(17)6-20-15/h5-8H,1-2H3,(H,20,21)(H2,19,22,23). The number of anilines is 1. The van der Waals surface area contributed by atoms with Gasteiger partial charge in [-0.1, -0.05) is 19.8 Å². The molecule has 0 aliphatic heterocycles. The van der Waals surface area contributed by atoms with Gasteiger partial charge in [0.05, 0.1) is 6.20 Å². The van der Waals surface area contributed by atoms with Gasteiger partial charge in [0.25, 0.3) is 0 Å². The highest BCUT2D eigenvalue weighted by Crippen LogP contribution is 2.27. The minimum atomic E-state index is -0.758. The van der Waals surface area contributed by atoms with Gasteiger partial charge >= 0.3 is 0 Å². The smallest absolute Gasteiger partial charge is 0.199 e. The second-order valence-electron chi connectivity index (χ2n) is 5.27. The quantitative estimate of drug-likeness (QED) is 0.677. The summed E-state index contributed by atoms with van der Waals surface area (Å²) in [5.41, 5.74) is 6.48. The summed E-state index contributed by atoms with van der Waals surface area (Å²) in [5, 5.41) is 0.485. The molecule has 5 nitrogen and oxygen atoms in total. The third-order valence-corrected chi connectivity index (χ3v) is 3.09. The first-order valence-electron chi connectivity index (χ1n) is 6.93. The summed E-state index contributed by atoms with van der Waals surface area (Å²) in [6.45, 7) is 3.76. The molecule has 0 fully saturated rings. The number of nitrogens with one attached hydrogen (secondary N) is 1. The van der Waals surface area contributed by atoms with Crippen LogP contribution in [0.3, 0.4) is 0 Å². The van der Waals surface area contributed by atoms with Crippen LogP contribution in [0.2, 0.25) is 0 Å². The van der Waals surface area contributed by atoms with Crippen LogP contribution < -0.4 is 5.73 Å². The summed E-state index contributed by atoms with van der Waals surface area (Å²) >= 11 is 0. The minimum Gasteiger partial charge on any atom is -0.381 e. The van der Waals surface area contributed by atoms with Crippen molar-refractivity contribution in [3.8, 4) is 23.2 Å². The van der Waals surface area contributed by atoms with E-state index in [1.807, 2.05) is 13.8 Å². The summed E-state index contributed by atoms with van der Waals surface area (Å²) in [7, 11) is 0. The normalized spacial score (nSPS) is 10.8. The summed E-state index contributed by atoms with van der Waals surface area (Å²) in [5.74, 6) is 4.16. The first-order chi connectivity index (χ1) is 11.0. The Morgan fingerprint density at radius 2 is 2.04 bits per heavy atom. The van der Waals surface area contributed by atoms with Crippen molar-refractivity contribution in [2.75, 3.05) is 5.73 Å². The van der Waals surface area contributed by atoms with E-state index < -0.39 is 11.6 Å². The molecule has 0 spiro atoms. The highest BCUT2D eigenvalue weighted by Gasteiger charge is 2.16. The van der Waals surface area contributed by atoms with Crippen molar-refractivity contribution < 1.29 is 8.78 Å². The van der Waals surface area contributed by atoms with Gasteiger partial charge in [-0.15, -0.1) is 0 Å². The number of hydrogen-bond donors (Lipinski definition) is 2. The molecule has 0 saturated heterocycles. The lowest BCUT2D eigenvalue weighted by atomic mass is 10.2. The average molecular weight is 313 g/mol. The van der Waals surface area contributed by atoms with Gasteiger partial charge in [0.1, 0.15) is 11.5 Å². The molecule has 23 heavy (non-hydrogen) atoms. The molecule has 3 heterocycles. The lowest BCUT2D eigenvalue weighted by Gasteiger charge is -2.03. The molecule has 3 aromatic rings. The van der Waals surface area contributed by atoms with Gasteiger partial charge in [-0.2, -0.15) is 4.39 Å². The Labute approximate surface area is 131 Å². The van der Waals surface area contributed by atoms with Crippen LogP contribution >= 0.6 is 0 Å². The molecule has 0 aliphatic rings. The third-order valence-electron chi connectivity index (χ3n) is 3.09. The maximum atomic E-state index is 14.0. The summed E-state index contributed by atoms with van der Waals surface area (Å²) in [6.07, 6.45) is 2.67. The molecule has 0 amide bonds. The number of rotatable bonds is 1. The van der Waals surface area contributed by atoms with E-state index >= 15 is 0 Å². The van der Waals surface area contributed by atoms with Crippen molar-refractivity contribution in [2.45, 2.75) is 13.8 Å². The number of nitrogens with two attached hydrogens (primary N) is 1. The van der Waals surface area contributed by atoms with Gasteiger partial charge in [-0.3, -0.25) is 0 Å². The Kier molecular flexibility index (Phi) is 3.66. The number of pyridine rings is 1. The number of fused-ring (bicyclic) bond motifs is 1. The molecular formula is C16H13F2N5. The molecule has 3 N–H and O–H groups in total. The number of nitrogen functional groups attached to an aromatic ring is 1. The average Bonchev–Trinajstić information content (AvgIpc) is 2.91. The van der Waals surface area contributed by atoms with Gasteiger partial charge in [0.2, 0.25) is 0 Å². The molecule has 0 radical (unpaired) electrons. The maximum Gasteiger partial charge on any atom is 0.199 e. The van der Waals surface area contributed by atoms with Gasteiger partial charge in [-0.05, 0) is 12.0 Å². The molecule has 0 aromatic carbocycles. The maximum absolute atomic E-state index is 14.0. The van der Waals surface area contributed by atoms with E-state index in [2.05, 4.69) is 31.8 Å². The van der Waals surface area contributed by atoms with Crippen molar-refractivity contribution in [1.82, 2.24) is 19.9 Å². The number of hydrogen-bond acceptors (Lipinski definition) is 4. The van der Waals surface area contributed by atoms with Crippen LogP contribution in [0.25, 0.3) is 22.4 Å².